The van der Waals surface area contributed by atoms with Crippen molar-refractivity contribution in [3.05, 3.63) is 11.6 Å². The smallest absolute Gasteiger partial charge is 0.0556 e. The first-order valence-corrected chi connectivity index (χ1v) is 6.24. The van der Waals surface area contributed by atoms with Gasteiger partial charge in [-0.3, -0.25) is 4.99 Å². The van der Waals surface area contributed by atoms with Gasteiger partial charge >= 0.3 is 0 Å². The van der Waals surface area contributed by atoms with Crippen LogP contribution in [0.4, 0.5) is 0 Å². The van der Waals surface area contributed by atoms with Gasteiger partial charge in [0.15, 0.2) is 0 Å². The highest BCUT2D eigenvalue weighted by Crippen LogP contribution is 2.56. The molecule has 0 spiro atoms. The van der Waals surface area contributed by atoms with E-state index in [2.05, 4.69) is 32.1 Å². The first-order chi connectivity index (χ1) is 3.77. The lowest BCUT2D eigenvalue weighted by atomic mass is 11.0. The highest BCUT2D eigenvalue weighted by Gasteiger charge is 2.13. The summed E-state index contributed by atoms with van der Waals surface area (Å²) in [5.41, 5.74) is 1.99. The molecule has 0 aromatic heterocycles. The van der Waals surface area contributed by atoms with E-state index in [0.717, 1.165) is 5.75 Å². The standard InChI is InChI=1S/C5H8BrNS/c1-2-8(6)4-3-7-5-8/h3-5H,2H2,1H3. The van der Waals surface area contributed by atoms with Gasteiger partial charge in [-0.25, -0.2) is 0 Å². The number of aliphatic imine (C=N–C) groups is 1. The Bertz CT molecular complexity index is 129. The Balaban J connectivity index is 2.69. The van der Waals surface area contributed by atoms with Crippen molar-refractivity contribution in [2.24, 2.45) is 4.99 Å². The van der Waals surface area contributed by atoms with Crippen molar-refractivity contribution in [3.8, 4) is 0 Å². The van der Waals surface area contributed by atoms with Gasteiger partial charge in [-0.05, 0) is 26.0 Å². The fraction of sp³-hybridized carbons (Fsp3) is 0.400. The van der Waals surface area contributed by atoms with Crippen molar-refractivity contribution < 1.29 is 0 Å². The third-order valence-corrected chi connectivity index (χ3v) is 5.51. The van der Waals surface area contributed by atoms with Gasteiger partial charge in [0.05, 0.1) is 5.55 Å². The molecule has 0 saturated heterocycles. The molecule has 1 aliphatic heterocycles. The summed E-state index contributed by atoms with van der Waals surface area (Å²) in [6.45, 7) is 2.16. The molecule has 3 heteroatoms. The zero-order valence-electron chi connectivity index (χ0n) is 4.67. The maximum atomic E-state index is 3.99. The van der Waals surface area contributed by atoms with Crippen molar-refractivity contribution in [2.45, 2.75) is 6.92 Å². The van der Waals surface area contributed by atoms with Crippen LogP contribution in [0.3, 0.4) is 0 Å². The lowest BCUT2D eigenvalue weighted by Gasteiger charge is -2.17. The lowest BCUT2D eigenvalue weighted by Crippen LogP contribution is -1.85. The molecular formula is C5H8BrNS. The quantitative estimate of drug-likeness (QED) is 0.608. The van der Waals surface area contributed by atoms with Gasteiger partial charge in [0, 0.05) is 6.20 Å². The molecule has 1 rings (SSSR count). The molecule has 0 fully saturated rings. The Labute approximate surface area is 58.4 Å². The zero-order valence-corrected chi connectivity index (χ0v) is 7.08. The minimum atomic E-state index is -0.701. The van der Waals surface area contributed by atoms with E-state index in [-0.39, 0.29) is 0 Å². The highest BCUT2D eigenvalue weighted by molar-refractivity contribution is 9.61. The van der Waals surface area contributed by atoms with E-state index >= 15 is 0 Å². The van der Waals surface area contributed by atoms with Crippen LogP contribution >= 0.6 is 23.3 Å². The molecule has 1 atom stereocenters. The molecule has 0 aromatic carbocycles. The Hall–Kier alpha value is 0.240. The van der Waals surface area contributed by atoms with Crippen molar-refractivity contribution in [1.29, 1.82) is 0 Å². The van der Waals surface area contributed by atoms with E-state index in [9.17, 15) is 0 Å². The molecule has 0 aromatic rings. The van der Waals surface area contributed by atoms with E-state index in [0.29, 0.717) is 0 Å². The van der Waals surface area contributed by atoms with Crippen molar-refractivity contribution in [3.63, 3.8) is 0 Å². The molecule has 1 heterocycles. The van der Waals surface area contributed by atoms with Gasteiger partial charge < -0.3 is 0 Å². The van der Waals surface area contributed by atoms with Crippen LogP contribution in [0.15, 0.2) is 16.6 Å². The second-order valence-corrected chi connectivity index (χ2v) is 7.78. The average molecular weight is 194 g/mol. The summed E-state index contributed by atoms with van der Waals surface area (Å²) in [7, 11) is -0.701. The number of hydrogen-bond acceptors (Lipinski definition) is 1. The molecule has 0 radical (unpaired) electrons. The largest absolute Gasteiger partial charge is 0.258 e. The third kappa shape index (κ3) is 1.14. The molecule has 0 bridgehead atoms. The summed E-state index contributed by atoms with van der Waals surface area (Å²) < 4.78 is 0. The van der Waals surface area contributed by atoms with Crippen LogP contribution in [0, 0.1) is 0 Å². The van der Waals surface area contributed by atoms with E-state index in [1.165, 1.54) is 0 Å². The summed E-state index contributed by atoms with van der Waals surface area (Å²) in [6, 6.07) is 0. The first-order valence-electron chi connectivity index (χ1n) is 2.47. The predicted octanol–water partition coefficient (Wildman–Crippen LogP) is 2.63. The lowest BCUT2D eigenvalue weighted by molar-refractivity contribution is 1.53. The molecule has 8 heavy (non-hydrogen) atoms. The van der Waals surface area contributed by atoms with Crippen LogP contribution in [-0.4, -0.2) is 11.3 Å². The van der Waals surface area contributed by atoms with Crippen LogP contribution in [0.2, 0.25) is 0 Å². The second kappa shape index (κ2) is 2.23. The normalized spacial score (nSPS) is 42.2. The van der Waals surface area contributed by atoms with Crippen molar-refractivity contribution in [1.82, 2.24) is 0 Å². The number of halogens is 1. The Morgan fingerprint density at radius 1 is 1.75 bits per heavy atom. The Kier molecular flexibility index (Phi) is 1.77. The Morgan fingerprint density at radius 3 is 2.75 bits per heavy atom. The van der Waals surface area contributed by atoms with Crippen molar-refractivity contribution >= 4 is 28.8 Å². The highest BCUT2D eigenvalue weighted by atomic mass is 79.9. The van der Waals surface area contributed by atoms with Crippen molar-refractivity contribution in [2.75, 3.05) is 5.75 Å². The molecule has 1 aliphatic rings. The molecule has 1 unspecified atom stereocenters. The maximum Gasteiger partial charge on any atom is 0.0556 e. The summed E-state index contributed by atoms with van der Waals surface area (Å²) in [4.78, 5) is 3.99. The fourth-order valence-electron chi connectivity index (χ4n) is 0.479. The topological polar surface area (TPSA) is 12.4 Å². The summed E-state index contributed by atoms with van der Waals surface area (Å²) in [5.74, 6) is 1.15. The van der Waals surface area contributed by atoms with E-state index in [4.69, 9.17) is 0 Å². The maximum absolute atomic E-state index is 3.99. The van der Waals surface area contributed by atoms with Gasteiger partial charge in [-0.15, -0.1) is 8.46 Å². The molecule has 0 saturated carbocycles. The number of hydrogen-bond donors (Lipinski definition) is 0. The first kappa shape index (κ1) is 6.36. The van der Waals surface area contributed by atoms with Crippen LogP contribution in [0.1, 0.15) is 6.92 Å². The van der Waals surface area contributed by atoms with Gasteiger partial charge in [0.25, 0.3) is 0 Å². The summed E-state index contributed by atoms with van der Waals surface area (Å²) in [5, 5.41) is 2.13. The third-order valence-electron chi connectivity index (χ3n) is 1.05. The SMILES string of the molecule is CCS1(Br)C=CN=C1. The number of nitrogens with zero attached hydrogens (tertiary/aromatic N) is 1. The van der Waals surface area contributed by atoms with E-state index in [1.807, 2.05) is 11.7 Å². The van der Waals surface area contributed by atoms with Crippen LogP contribution < -0.4 is 0 Å². The summed E-state index contributed by atoms with van der Waals surface area (Å²) >= 11 is 3.59. The molecular weight excluding hydrogens is 186 g/mol. The molecule has 46 valence electrons. The minimum absolute atomic E-state index is 0.701. The van der Waals surface area contributed by atoms with Crippen LogP contribution in [0.25, 0.3) is 0 Å². The van der Waals surface area contributed by atoms with Gasteiger partial charge in [-0.2, -0.15) is 0 Å². The van der Waals surface area contributed by atoms with Gasteiger partial charge in [-0.1, -0.05) is 6.92 Å². The van der Waals surface area contributed by atoms with E-state index < -0.39 is 8.46 Å². The summed E-state index contributed by atoms with van der Waals surface area (Å²) in [6.07, 6.45) is 1.85. The fourth-order valence-corrected chi connectivity index (χ4v) is 2.01. The minimum Gasteiger partial charge on any atom is -0.258 e. The van der Waals surface area contributed by atoms with Crippen LogP contribution in [0.5, 0.6) is 0 Å². The molecule has 0 N–H and O–H groups in total. The van der Waals surface area contributed by atoms with Crippen LogP contribution in [-0.2, 0) is 0 Å². The average Bonchev–Trinajstić information content (AvgIpc) is 2.17. The van der Waals surface area contributed by atoms with E-state index in [1.54, 1.807) is 0 Å². The Morgan fingerprint density at radius 2 is 2.50 bits per heavy atom. The molecule has 1 nitrogen and oxygen atoms in total. The van der Waals surface area contributed by atoms with Gasteiger partial charge in [0.2, 0.25) is 0 Å². The zero-order chi connectivity index (χ0) is 6.04. The second-order valence-electron chi connectivity index (χ2n) is 1.59. The number of rotatable bonds is 1. The van der Waals surface area contributed by atoms with Gasteiger partial charge in [0.1, 0.15) is 0 Å². The monoisotopic (exact) mass is 193 g/mol. The predicted molar refractivity (Wildman–Crippen MR) is 44.7 cm³/mol. The molecule has 0 amide bonds. The molecule has 0 aliphatic carbocycles.